The molecule has 1 heterocycles. The van der Waals surface area contributed by atoms with Gasteiger partial charge in [-0.3, -0.25) is 0 Å². The molecule has 0 atom stereocenters. The lowest BCUT2D eigenvalue weighted by Gasteiger charge is -2.12. The van der Waals surface area contributed by atoms with E-state index in [9.17, 15) is 13.2 Å². The van der Waals surface area contributed by atoms with Crippen LogP contribution in [0.15, 0.2) is 42.5 Å². The third-order valence-corrected chi connectivity index (χ3v) is 4.43. The molecule has 0 aliphatic heterocycles. The summed E-state index contributed by atoms with van der Waals surface area (Å²) in [7, 11) is 0. The Morgan fingerprint density at radius 1 is 1.00 bits per heavy atom. The fraction of sp³-hybridized carbons (Fsp3) is 0.350. The van der Waals surface area contributed by atoms with E-state index in [2.05, 4.69) is 4.98 Å². The summed E-state index contributed by atoms with van der Waals surface area (Å²) in [6.07, 6.45) is -3.22. The molecule has 26 heavy (non-hydrogen) atoms. The Labute approximate surface area is 150 Å². The highest BCUT2D eigenvalue weighted by Gasteiger charge is 2.37. The van der Waals surface area contributed by atoms with Crippen molar-refractivity contribution in [2.75, 3.05) is 6.61 Å². The van der Waals surface area contributed by atoms with Crippen molar-refractivity contribution in [3.63, 3.8) is 0 Å². The van der Waals surface area contributed by atoms with E-state index in [1.807, 2.05) is 32.0 Å². The van der Waals surface area contributed by atoms with Crippen LogP contribution in [0.5, 0.6) is 5.75 Å². The van der Waals surface area contributed by atoms with Gasteiger partial charge in [0.15, 0.2) is 0 Å². The molecular weight excluding hydrogens is 341 g/mol. The second kappa shape index (κ2) is 7.40. The quantitative estimate of drug-likeness (QED) is 0.539. The van der Waals surface area contributed by atoms with Gasteiger partial charge in [-0.25, -0.2) is 4.98 Å². The van der Waals surface area contributed by atoms with Crippen LogP contribution in [-0.2, 0) is 12.7 Å². The molecule has 0 unspecified atom stereocenters. The molecule has 0 saturated carbocycles. The summed E-state index contributed by atoms with van der Waals surface area (Å²) in [6, 6.07) is 12.6. The normalized spacial score (nSPS) is 11.9. The van der Waals surface area contributed by atoms with Gasteiger partial charge >= 0.3 is 6.18 Å². The zero-order valence-corrected chi connectivity index (χ0v) is 14.8. The van der Waals surface area contributed by atoms with E-state index < -0.39 is 12.0 Å². The molecule has 2 aromatic carbocycles. The van der Waals surface area contributed by atoms with Crippen LogP contribution in [0.25, 0.3) is 11.0 Å². The number of rotatable bonds is 6. The van der Waals surface area contributed by atoms with Crippen LogP contribution in [0.3, 0.4) is 0 Å². The summed E-state index contributed by atoms with van der Waals surface area (Å²) in [5.74, 6) is -0.0501. The molecule has 0 amide bonds. The number of alkyl halides is 3. The van der Waals surface area contributed by atoms with Crippen molar-refractivity contribution < 1.29 is 17.9 Å². The fourth-order valence-electron chi connectivity index (χ4n) is 2.88. The maximum Gasteiger partial charge on any atom is 0.449 e. The molecule has 0 spiro atoms. The number of hydrogen-bond acceptors (Lipinski definition) is 2. The van der Waals surface area contributed by atoms with E-state index in [-0.39, 0.29) is 6.54 Å². The van der Waals surface area contributed by atoms with Gasteiger partial charge in [-0.1, -0.05) is 18.2 Å². The van der Waals surface area contributed by atoms with Crippen molar-refractivity contribution in [1.29, 1.82) is 0 Å². The fourth-order valence-corrected chi connectivity index (χ4v) is 2.88. The average Bonchev–Trinajstić information content (AvgIpc) is 2.97. The van der Waals surface area contributed by atoms with Crippen LogP contribution in [0.4, 0.5) is 13.2 Å². The van der Waals surface area contributed by atoms with Crippen LogP contribution >= 0.6 is 0 Å². The number of fused-ring (bicyclic) bond motifs is 1. The molecule has 0 N–H and O–H groups in total. The summed E-state index contributed by atoms with van der Waals surface area (Å²) < 4.78 is 46.7. The first-order valence-electron chi connectivity index (χ1n) is 8.59. The van der Waals surface area contributed by atoms with Crippen molar-refractivity contribution in [2.45, 2.75) is 39.4 Å². The number of para-hydroxylation sites is 2. The molecule has 3 aromatic rings. The Kier molecular flexibility index (Phi) is 5.20. The standard InChI is InChI=1S/C20H21F3N2O/c1-14-9-10-16(13-15(14)2)26-12-6-5-11-25-18-8-4-3-7-17(18)24-19(25)20(21,22)23/h3-4,7-10,13H,5-6,11-12H2,1-2H3. The average molecular weight is 362 g/mol. The number of imidazole rings is 1. The Morgan fingerprint density at radius 2 is 1.77 bits per heavy atom. The lowest BCUT2D eigenvalue weighted by molar-refractivity contribution is -0.147. The first-order chi connectivity index (χ1) is 12.4. The van der Waals surface area contributed by atoms with Gasteiger partial charge in [-0.05, 0) is 62.1 Å². The van der Waals surface area contributed by atoms with Gasteiger partial charge in [0.25, 0.3) is 0 Å². The molecule has 0 bridgehead atoms. The highest BCUT2D eigenvalue weighted by molar-refractivity contribution is 5.76. The van der Waals surface area contributed by atoms with E-state index >= 15 is 0 Å². The van der Waals surface area contributed by atoms with Crippen molar-refractivity contribution in [2.24, 2.45) is 0 Å². The molecule has 1 aromatic heterocycles. The van der Waals surface area contributed by atoms with Crippen LogP contribution in [-0.4, -0.2) is 16.2 Å². The van der Waals surface area contributed by atoms with Gasteiger partial charge in [0.1, 0.15) is 5.75 Å². The van der Waals surface area contributed by atoms with Gasteiger partial charge in [-0.15, -0.1) is 0 Å². The number of hydrogen-bond donors (Lipinski definition) is 0. The van der Waals surface area contributed by atoms with E-state index in [4.69, 9.17) is 4.74 Å². The van der Waals surface area contributed by atoms with Crippen LogP contribution in [0.1, 0.15) is 29.8 Å². The number of unbranched alkanes of at least 4 members (excludes halogenated alkanes) is 1. The minimum Gasteiger partial charge on any atom is -0.494 e. The van der Waals surface area contributed by atoms with E-state index in [1.165, 1.54) is 10.1 Å². The Morgan fingerprint density at radius 3 is 2.50 bits per heavy atom. The number of halogens is 3. The highest BCUT2D eigenvalue weighted by atomic mass is 19.4. The van der Waals surface area contributed by atoms with Gasteiger partial charge in [0.2, 0.25) is 5.82 Å². The van der Waals surface area contributed by atoms with Gasteiger partial charge < -0.3 is 9.30 Å². The molecule has 6 heteroatoms. The molecular formula is C20H21F3N2O. The monoisotopic (exact) mass is 362 g/mol. The molecule has 3 nitrogen and oxygen atoms in total. The summed E-state index contributed by atoms with van der Waals surface area (Å²) in [6.45, 7) is 4.78. The number of aryl methyl sites for hydroxylation is 3. The van der Waals surface area contributed by atoms with Gasteiger partial charge in [0, 0.05) is 6.54 Å². The van der Waals surface area contributed by atoms with Crippen LogP contribution in [0, 0.1) is 13.8 Å². The van der Waals surface area contributed by atoms with Crippen LogP contribution < -0.4 is 4.74 Å². The van der Waals surface area contributed by atoms with E-state index in [1.54, 1.807) is 24.3 Å². The topological polar surface area (TPSA) is 27.1 Å². The predicted molar refractivity (Wildman–Crippen MR) is 95.4 cm³/mol. The Bertz CT molecular complexity index is 900. The van der Waals surface area contributed by atoms with Gasteiger partial charge in [0.05, 0.1) is 17.6 Å². The van der Waals surface area contributed by atoms with Gasteiger partial charge in [-0.2, -0.15) is 13.2 Å². The zero-order valence-electron chi connectivity index (χ0n) is 14.8. The molecule has 3 rings (SSSR count). The lowest BCUT2D eigenvalue weighted by Crippen LogP contribution is -2.15. The van der Waals surface area contributed by atoms with Crippen molar-refractivity contribution in [1.82, 2.24) is 9.55 Å². The van der Waals surface area contributed by atoms with E-state index in [0.29, 0.717) is 30.5 Å². The SMILES string of the molecule is Cc1ccc(OCCCCn2c(C(F)(F)F)nc3ccccc32)cc1C. The molecule has 0 fully saturated rings. The molecule has 0 aliphatic carbocycles. The molecule has 138 valence electrons. The minimum absolute atomic E-state index is 0.256. The second-order valence-corrected chi connectivity index (χ2v) is 6.38. The first kappa shape index (κ1) is 18.3. The van der Waals surface area contributed by atoms with Crippen molar-refractivity contribution in [3.05, 3.63) is 59.4 Å². The number of aromatic nitrogens is 2. The lowest BCUT2D eigenvalue weighted by atomic mass is 10.1. The largest absolute Gasteiger partial charge is 0.494 e. The van der Waals surface area contributed by atoms with Crippen LogP contribution in [0.2, 0.25) is 0 Å². The third-order valence-electron chi connectivity index (χ3n) is 4.43. The third kappa shape index (κ3) is 4.00. The smallest absolute Gasteiger partial charge is 0.449 e. The Balaban J connectivity index is 1.62. The molecule has 0 saturated heterocycles. The second-order valence-electron chi connectivity index (χ2n) is 6.38. The zero-order chi connectivity index (χ0) is 18.7. The minimum atomic E-state index is -4.46. The number of nitrogens with zero attached hydrogens (tertiary/aromatic N) is 2. The van der Waals surface area contributed by atoms with E-state index in [0.717, 1.165) is 11.3 Å². The summed E-state index contributed by atoms with van der Waals surface area (Å²) >= 11 is 0. The number of ether oxygens (including phenoxy) is 1. The summed E-state index contributed by atoms with van der Waals surface area (Å²) in [5.41, 5.74) is 3.23. The first-order valence-corrected chi connectivity index (χ1v) is 8.59. The maximum absolute atomic E-state index is 13.2. The molecule has 0 radical (unpaired) electrons. The van der Waals surface area contributed by atoms with Crippen molar-refractivity contribution in [3.8, 4) is 5.75 Å². The number of benzene rings is 2. The highest BCUT2D eigenvalue weighted by Crippen LogP contribution is 2.31. The predicted octanol–water partition coefficient (Wildman–Crippen LogP) is 5.53. The maximum atomic E-state index is 13.2. The molecule has 0 aliphatic rings. The summed E-state index contributed by atoms with van der Waals surface area (Å²) in [5, 5.41) is 0. The summed E-state index contributed by atoms with van der Waals surface area (Å²) in [4.78, 5) is 3.76. The Hall–Kier alpha value is -2.50. The van der Waals surface area contributed by atoms with Crippen molar-refractivity contribution >= 4 is 11.0 Å².